The molecule has 1 aliphatic rings. The van der Waals surface area contributed by atoms with Gasteiger partial charge in [-0.05, 0) is 18.9 Å². The van der Waals surface area contributed by atoms with Crippen molar-refractivity contribution in [2.45, 2.75) is 44.4 Å². The van der Waals surface area contributed by atoms with E-state index in [1.807, 2.05) is 24.3 Å². The first-order chi connectivity index (χ1) is 9.25. The number of aliphatic hydroxyl groups is 1. The second-order valence-corrected chi connectivity index (χ2v) is 5.68. The van der Waals surface area contributed by atoms with Crippen LogP contribution in [0.3, 0.4) is 0 Å². The van der Waals surface area contributed by atoms with Crippen LogP contribution in [0.1, 0.15) is 31.4 Å². The zero-order chi connectivity index (χ0) is 13.2. The first-order valence-corrected chi connectivity index (χ1v) is 7.30. The molecule has 2 aromatic rings. The van der Waals surface area contributed by atoms with Crippen molar-refractivity contribution in [2.75, 3.05) is 0 Å². The summed E-state index contributed by atoms with van der Waals surface area (Å²) >= 11 is 6.38. The van der Waals surface area contributed by atoms with Gasteiger partial charge in [0.2, 0.25) is 0 Å². The molecule has 4 heteroatoms. The number of aromatic nitrogens is 1. The summed E-state index contributed by atoms with van der Waals surface area (Å²) in [5.41, 5.74) is 2.06. The molecule has 2 unspecified atom stereocenters. The third-order valence-corrected chi connectivity index (χ3v) is 4.42. The van der Waals surface area contributed by atoms with Gasteiger partial charge >= 0.3 is 0 Å². The Morgan fingerprint density at radius 2 is 2.05 bits per heavy atom. The van der Waals surface area contributed by atoms with E-state index in [4.69, 9.17) is 11.6 Å². The van der Waals surface area contributed by atoms with E-state index in [9.17, 15) is 5.11 Å². The standard InChI is InChI=1S/C15H19ClN2O/c16-15-10-5-1-2-6-11(10)18-13(15)9-17-12-7-3-4-8-14(12)19/h1-2,5-6,12,14,17-19H,3-4,7-9H2. The number of hydrogen-bond acceptors (Lipinski definition) is 2. The molecule has 0 amide bonds. The molecule has 1 saturated carbocycles. The second-order valence-electron chi connectivity index (χ2n) is 5.30. The minimum atomic E-state index is -0.225. The minimum absolute atomic E-state index is 0.191. The van der Waals surface area contributed by atoms with Crippen molar-refractivity contribution in [3.63, 3.8) is 0 Å². The summed E-state index contributed by atoms with van der Waals surface area (Å²) in [6.07, 6.45) is 4.04. The van der Waals surface area contributed by atoms with Crippen LogP contribution in [-0.2, 0) is 6.54 Å². The summed E-state index contributed by atoms with van der Waals surface area (Å²) in [5, 5.41) is 15.2. The lowest BCUT2D eigenvalue weighted by atomic mass is 9.92. The molecular weight excluding hydrogens is 260 g/mol. The first kappa shape index (κ1) is 13.0. The summed E-state index contributed by atoms with van der Waals surface area (Å²) in [7, 11) is 0. The van der Waals surface area contributed by atoms with E-state index in [0.29, 0.717) is 6.54 Å². The van der Waals surface area contributed by atoms with Crippen LogP contribution in [-0.4, -0.2) is 22.2 Å². The number of fused-ring (bicyclic) bond motifs is 1. The van der Waals surface area contributed by atoms with Crippen LogP contribution in [0.5, 0.6) is 0 Å². The molecule has 19 heavy (non-hydrogen) atoms. The van der Waals surface area contributed by atoms with Gasteiger partial charge in [0.05, 0.1) is 11.1 Å². The molecule has 2 atom stereocenters. The molecule has 0 bridgehead atoms. The van der Waals surface area contributed by atoms with Gasteiger partial charge in [-0.1, -0.05) is 42.6 Å². The third-order valence-electron chi connectivity index (χ3n) is 3.98. The fourth-order valence-electron chi connectivity index (χ4n) is 2.87. The number of halogens is 1. The van der Waals surface area contributed by atoms with E-state index in [2.05, 4.69) is 10.3 Å². The lowest BCUT2D eigenvalue weighted by Crippen LogP contribution is -2.41. The predicted molar refractivity (Wildman–Crippen MR) is 78.4 cm³/mol. The Balaban J connectivity index is 1.73. The second kappa shape index (κ2) is 5.53. The molecular formula is C15H19ClN2O. The lowest BCUT2D eigenvalue weighted by molar-refractivity contribution is 0.0901. The van der Waals surface area contributed by atoms with Gasteiger partial charge in [-0.2, -0.15) is 0 Å². The summed E-state index contributed by atoms with van der Waals surface area (Å²) in [4.78, 5) is 3.34. The zero-order valence-corrected chi connectivity index (χ0v) is 11.6. The van der Waals surface area contributed by atoms with Crippen molar-refractivity contribution >= 4 is 22.5 Å². The highest BCUT2D eigenvalue weighted by Gasteiger charge is 2.22. The number of benzene rings is 1. The SMILES string of the molecule is OC1CCCCC1NCc1[nH]c2ccccc2c1Cl. The Morgan fingerprint density at radius 3 is 2.84 bits per heavy atom. The summed E-state index contributed by atoms with van der Waals surface area (Å²) in [5.74, 6) is 0. The minimum Gasteiger partial charge on any atom is -0.392 e. The average molecular weight is 279 g/mol. The fourth-order valence-corrected chi connectivity index (χ4v) is 3.15. The van der Waals surface area contributed by atoms with Gasteiger partial charge in [-0.3, -0.25) is 0 Å². The van der Waals surface area contributed by atoms with E-state index in [1.54, 1.807) is 0 Å². The molecule has 0 radical (unpaired) electrons. The summed E-state index contributed by atoms with van der Waals surface area (Å²) in [6, 6.07) is 8.23. The Hall–Kier alpha value is -1.03. The zero-order valence-electron chi connectivity index (χ0n) is 10.8. The van der Waals surface area contributed by atoms with E-state index in [-0.39, 0.29) is 12.1 Å². The maximum Gasteiger partial charge on any atom is 0.0705 e. The van der Waals surface area contributed by atoms with Gasteiger partial charge in [-0.15, -0.1) is 0 Å². The molecule has 1 fully saturated rings. The van der Waals surface area contributed by atoms with Crippen molar-refractivity contribution < 1.29 is 5.11 Å². The highest BCUT2D eigenvalue weighted by Crippen LogP contribution is 2.27. The maximum atomic E-state index is 9.95. The molecule has 102 valence electrons. The van der Waals surface area contributed by atoms with Crippen LogP contribution in [0, 0.1) is 0 Å². The van der Waals surface area contributed by atoms with Gasteiger partial charge in [0, 0.05) is 29.2 Å². The number of nitrogens with one attached hydrogen (secondary N) is 2. The van der Waals surface area contributed by atoms with E-state index >= 15 is 0 Å². The van der Waals surface area contributed by atoms with Crippen LogP contribution >= 0.6 is 11.6 Å². The molecule has 0 aliphatic heterocycles. The van der Waals surface area contributed by atoms with Crippen molar-refractivity contribution in [1.29, 1.82) is 0 Å². The van der Waals surface area contributed by atoms with E-state index < -0.39 is 0 Å². The van der Waals surface area contributed by atoms with Crippen LogP contribution < -0.4 is 5.32 Å². The van der Waals surface area contributed by atoms with Crippen molar-refractivity contribution in [3.05, 3.63) is 35.0 Å². The molecule has 1 aromatic heterocycles. The molecule has 1 aliphatic carbocycles. The van der Waals surface area contributed by atoms with Gasteiger partial charge in [0.15, 0.2) is 0 Å². The van der Waals surface area contributed by atoms with Crippen LogP contribution in [0.25, 0.3) is 10.9 Å². The smallest absolute Gasteiger partial charge is 0.0705 e. The fraction of sp³-hybridized carbons (Fsp3) is 0.467. The van der Waals surface area contributed by atoms with Gasteiger partial charge in [-0.25, -0.2) is 0 Å². The number of aliphatic hydroxyl groups excluding tert-OH is 1. The number of rotatable bonds is 3. The van der Waals surface area contributed by atoms with Gasteiger partial charge < -0.3 is 15.4 Å². The highest BCUT2D eigenvalue weighted by molar-refractivity contribution is 6.36. The van der Waals surface area contributed by atoms with Gasteiger partial charge in [0.1, 0.15) is 0 Å². The van der Waals surface area contributed by atoms with Crippen LogP contribution in [0.2, 0.25) is 5.02 Å². The molecule has 3 N–H and O–H groups in total. The molecule has 0 saturated heterocycles. The Kier molecular flexibility index (Phi) is 3.78. The monoisotopic (exact) mass is 278 g/mol. The molecule has 3 rings (SSSR count). The van der Waals surface area contributed by atoms with Crippen molar-refractivity contribution in [1.82, 2.24) is 10.3 Å². The van der Waals surface area contributed by atoms with Crippen molar-refractivity contribution in [2.24, 2.45) is 0 Å². The number of hydrogen-bond donors (Lipinski definition) is 3. The number of H-pyrrole nitrogens is 1. The Bertz CT molecular complexity index is 566. The van der Waals surface area contributed by atoms with E-state index in [1.165, 1.54) is 6.42 Å². The Labute approximate surface area is 118 Å². The topological polar surface area (TPSA) is 48.0 Å². The maximum absolute atomic E-state index is 9.95. The number of aromatic amines is 1. The van der Waals surface area contributed by atoms with E-state index in [0.717, 1.165) is 40.9 Å². The third kappa shape index (κ3) is 2.64. The lowest BCUT2D eigenvalue weighted by Gasteiger charge is -2.28. The Morgan fingerprint density at radius 1 is 1.26 bits per heavy atom. The summed E-state index contributed by atoms with van der Waals surface area (Å²) < 4.78 is 0. The quantitative estimate of drug-likeness (QED) is 0.807. The van der Waals surface area contributed by atoms with Crippen LogP contribution in [0.15, 0.2) is 24.3 Å². The van der Waals surface area contributed by atoms with Crippen molar-refractivity contribution in [3.8, 4) is 0 Å². The van der Waals surface area contributed by atoms with Gasteiger partial charge in [0.25, 0.3) is 0 Å². The first-order valence-electron chi connectivity index (χ1n) is 6.92. The molecule has 3 nitrogen and oxygen atoms in total. The molecule has 1 heterocycles. The number of para-hydroxylation sites is 1. The predicted octanol–water partition coefficient (Wildman–Crippen LogP) is 3.21. The summed E-state index contributed by atoms with van der Waals surface area (Å²) in [6.45, 7) is 0.676. The highest BCUT2D eigenvalue weighted by atomic mass is 35.5. The molecule has 0 spiro atoms. The molecule has 1 aromatic carbocycles. The largest absolute Gasteiger partial charge is 0.392 e. The van der Waals surface area contributed by atoms with Crippen LogP contribution in [0.4, 0.5) is 0 Å². The normalized spacial score (nSPS) is 23.9. The average Bonchev–Trinajstić information content (AvgIpc) is 2.75.